The second kappa shape index (κ2) is 6.24. The third kappa shape index (κ3) is 3.49. The van der Waals surface area contributed by atoms with Gasteiger partial charge in [0.25, 0.3) is 0 Å². The monoisotopic (exact) mass is 271 g/mol. The lowest BCUT2D eigenvalue weighted by Gasteiger charge is -2.33. The van der Waals surface area contributed by atoms with Crippen LogP contribution in [0, 0.1) is 0 Å². The van der Waals surface area contributed by atoms with Crippen molar-refractivity contribution < 1.29 is 15.0 Å². The summed E-state index contributed by atoms with van der Waals surface area (Å²) in [4.78, 5) is 19.3. The molecule has 100 valence electrons. The molecule has 0 aromatic carbocycles. The predicted molar refractivity (Wildman–Crippen MR) is 67.9 cm³/mol. The maximum atomic E-state index is 10.7. The van der Waals surface area contributed by atoms with Crippen LogP contribution in [0.1, 0.15) is 15.5 Å². The molecule has 1 fully saturated rings. The number of nitrogens with zero attached hydrogens (tertiary/aromatic N) is 3. The van der Waals surface area contributed by atoms with Gasteiger partial charge >= 0.3 is 5.97 Å². The number of aromatic carboxylic acids is 1. The fourth-order valence-corrected chi connectivity index (χ4v) is 2.79. The quantitative estimate of drug-likeness (QED) is 0.782. The van der Waals surface area contributed by atoms with Gasteiger partial charge in [-0.1, -0.05) is 0 Å². The largest absolute Gasteiger partial charge is 0.476 e. The van der Waals surface area contributed by atoms with Crippen LogP contribution < -0.4 is 0 Å². The van der Waals surface area contributed by atoms with Crippen LogP contribution in [0.3, 0.4) is 0 Å². The molecule has 18 heavy (non-hydrogen) atoms. The molecular weight excluding hydrogens is 254 g/mol. The van der Waals surface area contributed by atoms with Gasteiger partial charge in [-0.05, 0) is 0 Å². The minimum absolute atomic E-state index is 0.133. The Balaban J connectivity index is 1.82. The zero-order valence-corrected chi connectivity index (χ0v) is 10.9. The minimum atomic E-state index is -0.967. The van der Waals surface area contributed by atoms with Gasteiger partial charge in [0.15, 0.2) is 5.69 Å². The van der Waals surface area contributed by atoms with Crippen molar-refractivity contribution in [2.45, 2.75) is 6.54 Å². The van der Waals surface area contributed by atoms with Crippen LogP contribution in [0.2, 0.25) is 0 Å². The van der Waals surface area contributed by atoms with Crippen molar-refractivity contribution in [2.24, 2.45) is 0 Å². The summed E-state index contributed by atoms with van der Waals surface area (Å²) in [6.45, 7) is 5.40. The molecule has 0 bridgehead atoms. The number of hydrogen-bond acceptors (Lipinski definition) is 6. The first kappa shape index (κ1) is 13.4. The Labute approximate surface area is 109 Å². The van der Waals surface area contributed by atoms with Gasteiger partial charge in [-0.2, -0.15) is 0 Å². The van der Waals surface area contributed by atoms with Gasteiger partial charge in [-0.3, -0.25) is 9.80 Å². The van der Waals surface area contributed by atoms with E-state index in [4.69, 9.17) is 10.2 Å². The minimum Gasteiger partial charge on any atom is -0.476 e. The van der Waals surface area contributed by atoms with Crippen LogP contribution >= 0.6 is 11.3 Å². The molecule has 1 aliphatic heterocycles. The molecule has 1 aromatic rings. The second-order valence-electron chi connectivity index (χ2n) is 4.27. The van der Waals surface area contributed by atoms with Gasteiger partial charge in [-0.25, -0.2) is 9.78 Å². The molecule has 0 amide bonds. The van der Waals surface area contributed by atoms with Gasteiger partial charge in [0.2, 0.25) is 0 Å². The van der Waals surface area contributed by atoms with E-state index in [1.807, 2.05) is 0 Å². The zero-order chi connectivity index (χ0) is 13.0. The molecular formula is C11H17N3O3S. The van der Waals surface area contributed by atoms with Crippen LogP contribution in [-0.4, -0.2) is 70.3 Å². The van der Waals surface area contributed by atoms with E-state index in [-0.39, 0.29) is 12.3 Å². The molecule has 1 saturated heterocycles. The summed E-state index contributed by atoms with van der Waals surface area (Å²) in [5, 5.41) is 20.1. The fourth-order valence-electron chi connectivity index (χ4n) is 1.99. The van der Waals surface area contributed by atoms with Crippen molar-refractivity contribution in [3.8, 4) is 0 Å². The smallest absolute Gasteiger partial charge is 0.355 e. The highest BCUT2D eigenvalue weighted by atomic mass is 32.1. The van der Waals surface area contributed by atoms with E-state index in [2.05, 4.69) is 14.8 Å². The molecule has 6 nitrogen and oxygen atoms in total. The number of carboxylic acid groups (broad SMARTS) is 1. The Kier molecular flexibility index (Phi) is 4.65. The third-order valence-corrected chi connectivity index (χ3v) is 3.84. The number of piperazine rings is 1. The second-order valence-corrected chi connectivity index (χ2v) is 5.22. The van der Waals surface area contributed by atoms with Gasteiger partial charge in [0.1, 0.15) is 5.01 Å². The number of aliphatic hydroxyl groups is 1. The molecule has 0 unspecified atom stereocenters. The molecule has 0 saturated carbocycles. The highest BCUT2D eigenvalue weighted by Crippen LogP contribution is 2.13. The number of β-amino-alcohol motifs (C(OH)–C–C–N with tert-alkyl or cyclic N) is 1. The van der Waals surface area contributed by atoms with Crippen molar-refractivity contribution in [3.63, 3.8) is 0 Å². The molecule has 0 atom stereocenters. The van der Waals surface area contributed by atoms with Crippen molar-refractivity contribution in [1.82, 2.24) is 14.8 Å². The average molecular weight is 271 g/mol. The lowest BCUT2D eigenvalue weighted by Crippen LogP contribution is -2.46. The molecule has 1 aromatic heterocycles. The molecule has 0 radical (unpaired) electrons. The molecule has 1 aliphatic rings. The molecule has 0 aliphatic carbocycles. The Morgan fingerprint density at radius 3 is 2.56 bits per heavy atom. The Morgan fingerprint density at radius 1 is 1.33 bits per heavy atom. The maximum absolute atomic E-state index is 10.7. The summed E-state index contributed by atoms with van der Waals surface area (Å²) in [6.07, 6.45) is 0. The Hall–Kier alpha value is -1.02. The van der Waals surface area contributed by atoms with Crippen molar-refractivity contribution in [1.29, 1.82) is 0 Å². The lowest BCUT2D eigenvalue weighted by atomic mass is 10.3. The standard InChI is InChI=1S/C11H17N3O3S/c15-6-5-13-1-3-14(4-2-13)7-10-12-9(8-18-10)11(16)17/h8,15H,1-7H2,(H,16,17). The predicted octanol–water partition coefficient (Wildman–Crippen LogP) is -0.0488. The summed E-state index contributed by atoms with van der Waals surface area (Å²) in [5.74, 6) is -0.967. The van der Waals surface area contributed by atoms with E-state index in [9.17, 15) is 4.79 Å². The first-order chi connectivity index (χ1) is 8.69. The van der Waals surface area contributed by atoms with Crippen molar-refractivity contribution in [3.05, 3.63) is 16.1 Å². The number of rotatable bonds is 5. The van der Waals surface area contributed by atoms with E-state index >= 15 is 0 Å². The Bertz CT molecular complexity index is 402. The Morgan fingerprint density at radius 2 is 2.00 bits per heavy atom. The molecule has 0 spiro atoms. The third-order valence-electron chi connectivity index (χ3n) is 3.01. The molecule has 2 heterocycles. The van der Waals surface area contributed by atoms with Gasteiger partial charge in [-0.15, -0.1) is 11.3 Å². The molecule has 7 heteroatoms. The number of hydrogen-bond donors (Lipinski definition) is 2. The van der Waals surface area contributed by atoms with Crippen molar-refractivity contribution >= 4 is 17.3 Å². The number of carbonyl (C=O) groups is 1. The molecule has 2 rings (SSSR count). The summed E-state index contributed by atoms with van der Waals surface area (Å²) in [6, 6.07) is 0. The SMILES string of the molecule is O=C(O)c1csc(CN2CCN(CCO)CC2)n1. The van der Waals surface area contributed by atoms with Crippen LogP contribution in [-0.2, 0) is 6.54 Å². The normalized spacial score (nSPS) is 18.1. The van der Waals surface area contributed by atoms with E-state index < -0.39 is 5.97 Å². The summed E-state index contributed by atoms with van der Waals surface area (Å²) in [7, 11) is 0. The lowest BCUT2D eigenvalue weighted by molar-refractivity contribution is 0.0690. The first-order valence-corrected chi connectivity index (χ1v) is 6.80. The van der Waals surface area contributed by atoms with Gasteiger partial charge in [0.05, 0.1) is 13.2 Å². The van der Waals surface area contributed by atoms with E-state index in [1.54, 1.807) is 5.38 Å². The summed E-state index contributed by atoms with van der Waals surface area (Å²) in [5.41, 5.74) is 0.133. The van der Waals surface area contributed by atoms with Crippen LogP contribution in [0.25, 0.3) is 0 Å². The fraction of sp³-hybridized carbons (Fsp3) is 0.636. The topological polar surface area (TPSA) is 76.9 Å². The number of aliphatic hydroxyl groups excluding tert-OH is 1. The van der Waals surface area contributed by atoms with Crippen LogP contribution in [0.5, 0.6) is 0 Å². The van der Waals surface area contributed by atoms with E-state index in [0.717, 1.165) is 37.7 Å². The zero-order valence-electron chi connectivity index (χ0n) is 10.1. The number of aromatic nitrogens is 1. The van der Waals surface area contributed by atoms with Crippen LogP contribution in [0.15, 0.2) is 5.38 Å². The van der Waals surface area contributed by atoms with Crippen molar-refractivity contribution in [2.75, 3.05) is 39.3 Å². The molecule has 2 N–H and O–H groups in total. The van der Waals surface area contributed by atoms with E-state index in [1.165, 1.54) is 11.3 Å². The van der Waals surface area contributed by atoms with Gasteiger partial charge in [0, 0.05) is 38.1 Å². The van der Waals surface area contributed by atoms with E-state index in [0.29, 0.717) is 6.54 Å². The summed E-state index contributed by atoms with van der Waals surface area (Å²) < 4.78 is 0. The first-order valence-electron chi connectivity index (χ1n) is 5.92. The van der Waals surface area contributed by atoms with Crippen LogP contribution in [0.4, 0.5) is 0 Å². The highest BCUT2D eigenvalue weighted by Gasteiger charge is 2.18. The highest BCUT2D eigenvalue weighted by molar-refractivity contribution is 7.09. The average Bonchev–Trinajstić information content (AvgIpc) is 2.81. The number of carboxylic acids is 1. The maximum Gasteiger partial charge on any atom is 0.355 e. The number of thiazole rings is 1. The van der Waals surface area contributed by atoms with Gasteiger partial charge < -0.3 is 10.2 Å². The summed E-state index contributed by atoms with van der Waals surface area (Å²) >= 11 is 1.40.